The van der Waals surface area contributed by atoms with Gasteiger partial charge in [-0.3, -0.25) is 19.3 Å². The lowest BCUT2D eigenvalue weighted by Gasteiger charge is -2.14. The number of benzene rings is 3. The highest BCUT2D eigenvalue weighted by Gasteiger charge is 2.36. The van der Waals surface area contributed by atoms with Crippen molar-refractivity contribution in [3.8, 4) is 17.2 Å². The van der Waals surface area contributed by atoms with Gasteiger partial charge in [0.25, 0.3) is 11.1 Å². The minimum absolute atomic E-state index is 0.115. The van der Waals surface area contributed by atoms with Gasteiger partial charge in [-0.2, -0.15) is 0 Å². The van der Waals surface area contributed by atoms with E-state index in [4.69, 9.17) is 14.2 Å². The van der Waals surface area contributed by atoms with Crippen LogP contribution in [0.15, 0.2) is 70.0 Å². The maximum Gasteiger partial charge on any atom is 0.294 e. The van der Waals surface area contributed by atoms with Gasteiger partial charge in [-0.15, -0.1) is 0 Å². The van der Waals surface area contributed by atoms with Gasteiger partial charge in [0.1, 0.15) is 24.7 Å². The summed E-state index contributed by atoms with van der Waals surface area (Å²) >= 11 is 4.20. The quantitative estimate of drug-likeness (QED) is 0.270. The Morgan fingerprint density at radius 2 is 1.87 bits per heavy atom. The van der Waals surface area contributed by atoms with Gasteiger partial charge in [-0.05, 0) is 100 Å². The van der Waals surface area contributed by atoms with E-state index >= 15 is 0 Å². The molecule has 1 N–H and O–H groups in total. The lowest BCUT2D eigenvalue weighted by Crippen LogP contribution is -2.36. The third-order valence-electron chi connectivity index (χ3n) is 5.45. The predicted molar refractivity (Wildman–Crippen MR) is 150 cm³/mol. The third-order valence-corrected chi connectivity index (χ3v) is 6.94. The number of thioether (sulfide) groups is 1. The van der Waals surface area contributed by atoms with Crippen LogP contribution in [0.2, 0.25) is 0 Å². The molecule has 0 aromatic heterocycles. The van der Waals surface area contributed by atoms with Crippen molar-refractivity contribution < 1.29 is 33.0 Å². The largest absolute Gasteiger partial charge is 0.494 e. The van der Waals surface area contributed by atoms with Crippen molar-refractivity contribution >= 4 is 56.5 Å². The van der Waals surface area contributed by atoms with Crippen LogP contribution in [0.5, 0.6) is 17.2 Å². The predicted octanol–water partition coefficient (Wildman–Crippen LogP) is 6.25. The van der Waals surface area contributed by atoms with E-state index in [1.54, 1.807) is 54.6 Å². The number of nitrogens with one attached hydrogen (secondary N) is 1. The third kappa shape index (κ3) is 7.18. The fraction of sp³-hybridized carbons (Fsp3) is 0.179. The van der Waals surface area contributed by atoms with Gasteiger partial charge >= 0.3 is 0 Å². The van der Waals surface area contributed by atoms with E-state index in [1.165, 1.54) is 19.2 Å². The lowest BCUT2D eigenvalue weighted by atomic mass is 10.1. The molecule has 1 aliphatic rings. The Hall–Kier alpha value is -3.83. The maximum atomic E-state index is 13.5. The molecule has 1 fully saturated rings. The second kappa shape index (κ2) is 12.8. The summed E-state index contributed by atoms with van der Waals surface area (Å²) in [6.07, 6.45) is 1.54. The number of halogens is 2. The van der Waals surface area contributed by atoms with E-state index in [2.05, 4.69) is 21.2 Å². The molecule has 0 bridgehead atoms. The van der Waals surface area contributed by atoms with Crippen LogP contribution in [0.1, 0.15) is 18.1 Å². The molecule has 39 heavy (non-hydrogen) atoms. The summed E-state index contributed by atoms with van der Waals surface area (Å²) in [5.74, 6) is 0.000323. The molecule has 0 unspecified atom stereocenters. The Morgan fingerprint density at radius 1 is 1.10 bits per heavy atom. The molecule has 0 aliphatic carbocycles. The van der Waals surface area contributed by atoms with Crippen LogP contribution in [0, 0.1) is 5.82 Å². The van der Waals surface area contributed by atoms with Gasteiger partial charge in [0.15, 0.2) is 11.5 Å². The number of amides is 3. The Bertz CT molecular complexity index is 1430. The number of carbonyl (C=O) groups excluding carboxylic acids is 3. The lowest BCUT2D eigenvalue weighted by molar-refractivity contribution is -0.127. The Morgan fingerprint density at radius 3 is 2.56 bits per heavy atom. The molecule has 0 spiro atoms. The highest BCUT2D eigenvalue weighted by atomic mass is 79.9. The monoisotopic (exact) mass is 614 g/mol. The molecule has 0 radical (unpaired) electrons. The fourth-order valence-corrected chi connectivity index (χ4v) is 5.09. The zero-order valence-corrected chi connectivity index (χ0v) is 23.4. The standard InChI is InChI=1S/C28H24BrFN2O6S/c1-3-37-21-9-7-20(8-10-21)31-25(33)15-32-27(34)24(39-28(32)35)14-18-12-22(29)26(23(13-18)36-2)38-16-17-5-4-6-19(30)11-17/h4-14H,3,15-16H2,1-2H3,(H,31,33)/b24-14+. The van der Waals surface area contributed by atoms with Gasteiger partial charge in [-0.25, -0.2) is 4.39 Å². The summed E-state index contributed by atoms with van der Waals surface area (Å²) in [7, 11) is 1.47. The number of hydrogen-bond acceptors (Lipinski definition) is 7. The number of anilines is 1. The number of methoxy groups -OCH3 is 1. The summed E-state index contributed by atoms with van der Waals surface area (Å²) in [5.41, 5.74) is 1.73. The molecule has 4 rings (SSSR count). The highest BCUT2D eigenvalue weighted by molar-refractivity contribution is 9.10. The first kappa shape index (κ1) is 28.2. The molecule has 1 saturated heterocycles. The first-order valence-electron chi connectivity index (χ1n) is 11.8. The van der Waals surface area contributed by atoms with Gasteiger partial charge in [0.05, 0.1) is 23.1 Å². The molecule has 1 aliphatic heterocycles. The molecule has 1 heterocycles. The molecule has 3 amide bonds. The van der Waals surface area contributed by atoms with Crippen LogP contribution in [0.25, 0.3) is 6.08 Å². The van der Waals surface area contributed by atoms with Crippen LogP contribution in [-0.2, 0) is 16.2 Å². The zero-order chi connectivity index (χ0) is 27.9. The molecule has 11 heteroatoms. The van der Waals surface area contributed by atoms with Crippen molar-refractivity contribution in [2.75, 3.05) is 25.6 Å². The molecular formula is C28H24BrFN2O6S. The van der Waals surface area contributed by atoms with Gasteiger partial charge in [0, 0.05) is 5.69 Å². The molecular weight excluding hydrogens is 591 g/mol. The second-order valence-corrected chi connectivity index (χ2v) is 10.1. The van der Waals surface area contributed by atoms with E-state index in [9.17, 15) is 18.8 Å². The van der Waals surface area contributed by atoms with Gasteiger partial charge in [-0.1, -0.05) is 12.1 Å². The molecule has 202 valence electrons. The van der Waals surface area contributed by atoms with Crippen LogP contribution >= 0.6 is 27.7 Å². The Kier molecular flexibility index (Phi) is 9.26. The molecule has 0 saturated carbocycles. The number of ether oxygens (including phenoxy) is 3. The first-order valence-corrected chi connectivity index (χ1v) is 13.4. The maximum absolute atomic E-state index is 13.5. The highest BCUT2D eigenvalue weighted by Crippen LogP contribution is 2.39. The minimum Gasteiger partial charge on any atom is -0.494 e. The topological polar surface area (TPSA) is 94.2 Å². The van der Waals surface area contributed by atoms with Crippen molar-refractivity contribution in [3.05, 3.63) is 87.0 Å². The van der Waals surface area contributed by atoms with Crippen LogP contribution in [0.3, 0.4) is 0 Å². The van der Waals surface area contributed by atoms with Crippen molar-refractivity contribution in [1.29, 1.82) is 0 Å². The zero-order valence-electron chi connectivity index (χ0n) is 21.0. The molecule has 0 atom stereocenters. The van der Waals surface area contributed by atoms with Crippen LogP contribution in [0.4, 0.5) is 14.9 Å². The summed E-state index contributed by atoms with van der Waals surface area (Å²) < 4.78 is 30.7. The van der Waals surface area contributed by atoms with Gasteiger partial charge in [0.2, 0.25) is 5.91 Å². The number of carbonyl (C=O) groups is 3. The van der Waals surface area contributed by atoms with E-state index in [0.29, 0.717) is 45.1 Å². The summed E-state index contributed by atoms with van der Waals surface area (Å²) in [4.78, 5) is 39.0. The summed E-state index contributed by atoms with van der Waals surface area (Å²) in [6.45, 7) is 2.09. The number of hydrogen-bond donors (Lipinski definition) is 1. The van der Waals surface area contributed by atoms with Crippen molar-refractivity contribution in [3.63, 3.8) is 0 Å². The Balaban J connectivity index is 1.43. The van der Waals surface area contributed by atoms with Gasteiger partial charge < -0.3 is 19.5 Å². The SMILES string of the molecule is CCOc1ccc(NC(=O)CN2C(=O)S/C(=C/c3cc(Br)c(OCc4cccc(F)c4)c(OC)c3)C2=O)cc1. The average Bonchev–Trinajstić information content (AvgIpc) is 3.16. The van der Waals surface area contributed by atoms with Crippen molar-refractivity contribution in [2.24, 2.45) is 0 Å². The van der Waals surface area contributed by atoms with Crippen molar-refractivity contribution in [2.45, 2.75) is 13.5 Å². The van der Waals surface area contributed by atoms with Crippen LogP contribution < -0.4 is 19.5 Å². The molecule has 8 nitrogen and oxygen atoms in total. The van der Waals surface area contributed by atoms with Crippen LogP contribution in [-0.4, -0.2) is 42.2 Å². The van der Waals surface area contributed by atoms with E-state index < -0.39 is 23.6 Å². The minimum atomic E-state index is -0.576. The normalized spacial score (nSPS) is 14.1. The number of imide groups is 1. The van der Waals surface area contributed by atoms with E-state index in [0.717, 1.165) is 16.7 Å². The second-order valence-electron chi connectivity index (χ2n) is 8.23. The molecule has 3 aromatic rings. The summed E-state index contributed by atoms with van der Waals surface area (Å²) in [5, 5.41) is 2.13. The summed E-state index contributed by atoms with van der Waals surface area (Å²) in [6, 6.07) is 16.2. The Labute approximate surface area is 237 Å². The average molecular weight is 615 g/mol. The number of nitrogens with zero attached hydrogens (tertiary/aromatic N) is 1. The first-order chi connectivity index (χ1) is 18.8. The smallest absolute Gasteiger partial charge is 0.294 e. The number of rotatable bonds is 10. The van der Waals surface area contributed by atoms with E-state index in [1.807, 2.05) is 6.92 Å². The van der Waals surface area contributed by atoms with E-state index in [-0.39, 0.29) is 17.3 Å². The van der Waals surface area contributed by atoms with Crippen molar-refractivity contribution in [1.82, 2.24) is 4.90 Å². The molecule has 3 aromatic carbocycles. The fourth-order valence-electron chi connectivity index (χ4n) is 3.68.